The first kappa shape index (κ1) is 25.1. The van der Waals surface area contributed by atoms with Crippen LogP contribution in [-0.2, 0) is 9.53 Å². The molecule has 2 aromatic heterocycles. The van der Waals surface area contributed by atoms with E-state index < -0.39 is 29.8 Å². The maximum Gasteiger partial charge on any atom is 0.414 e. The molecule has 11 nitrogen and oxygen atoms in total. The molecular formula is C26H26FN7O4. The molecule has 2 fully saturated rings. The number of carbonyl (C=O) groups is 3. The number of halogens is 1. The summed E-state index contributed by atoms with van der Waals surface area (Å²) in [5.41, 5.74) is 6.93. The third-order valence-electron chi connectivity index (χ3n) is 6.81. The molecule has 0 saturated carbocycles. The molecule has 0 bridgehead atoms. The van der Waals surface area contributed by atoms with E-state index in [1.165, 1.54) is 11.0 Å². The average molecular weight is 520 g/mol. The van der Waals surface area contributed by atoms with Crippen LogP contribution in [0.2, 0.25) is 0 Å². The topological polar surface area (TPSA) is 135 Å². The monoisotopic (exact) mass is 519 g/mol. The lowest BCUT2D eigenvalue weighted by molar-refractivity contribution is -0.123. The summed E-state index contributed by atoms with van der Waals surface area (Å²) in [6.07, 6.45) is 4.91. The van der Waals surface area contributed by atoms with Gasteiger partial charge >= 0.3 is 6.09 Å². The van der Waals surface area contributed by atoms with E-state index in [0.717, 1.165) is 0 Å². The molecule has 3 amide bonds. The minimum Gasteiger partial charge on any atom is -0.443 e. The Morgan fingerprint density at radius 1 is 1.11 bits per heavy atom. The summed E-state index contributed by atoms with van der Waals surface area (Å²) < 4.78 is 20.3. The van der Waals surface area contributed by atoms with Crippen LogP contribution in [0.4, 0.5) is 20.8 Å². The molecule has 0 spiro atoms. The van der Waals surface area contributed by atoms with Gasteiger partial charge in [0, 0.05) is 62.1 Å². The van der Waals surface area contributed by atoms with E-state index in [9.17, 15) is 14.4 Å². The number of primary amides is 1. The van der Waals surface area contributed by atoms with Gasteiger partial charge in [-0.15, -0.1) is 0 Å². The van der Waals surface area contributed by atoms with Gasteiger partial charge in [0.25, 0.3) is 5.91 Å². The number of ether oxygens (including phenoxy) is 1. The zero-order chi connectivity index (χ0) is 26.8. The van der Waals surface area contributed by atoms with E-state index in [0.29, 0.717) is 48.9 Å². The van der Waals surface area contributed by atoms with Gasteiger partial charge in [-0.1, -0.05) is 0 Å². The minimum atomic E-state index is -0.695. The highest BCUT2D eigenvalue weighted by atomic mass is 19.1. The van der Waals surface area contributed by atoms with Gasteiger partial charge in [-0.05, 0) is 37.3 Å². The van der Waals surface area contributed by atoms with E-state index in [4.69, 9.17) is 10.5 Å². The lowest BCUT2D eigenvalue weighted by Crippen LogP contribution is -2.49. The molecule has 5 rings (SSSR count). The van der Waals surface area contributed by atoms with Crippen molar-refractivity contribution in [2.45, 2.75) is 13.0 Å². The Kier molecular flexibility index (Phi) is 6.86. The van der Waals surface area contributed by atoms with Gasteiger partial charge in [0.15, 0.2) is 0 Å². The smallest absolute Gasteiger partial charge is 0.414 e. The normalized spacial score (nSPS) is 18.3. The quantitative estimate of drug-likeness (QED) is 0.523. The molecule has 4 heterocycles. The van der Waals surface area contributed by atoms with Gasteiger partial charge in [0.2, 0.25) is 11.9 Å². The van der Waals surface area contributed by atoms with Gasteiger partial charge in [0.05, 0.1) is 23.7 Å². The Bertz CT molecular complexity index is 1350. The highest BCUT2D eigenvalue weighted by Gasteiger charge is 2.38. The van der Waals surface area contributed by atoms with Crippen molar-refractivity contribution in [3.8, 4) is 11.1 Å². The zero-order valence-corrected chi connectivity index (χ0v) is 20.7. The fraction of sp³-hybridized carbons (Fsp3) is 0.308. The van der Waals surface area contributed by atoms with E-state index in [-0.39, 0.29) is 18.0 Å². The number of aromatic nitrogens is 3. The number of benzene rings is 1. The number of rotatable bonds is 6. The second-order valence-corrected chi connectivity index (χ2v) is 9.18. The zero-order valence-electron chi connectivity index (χ0n) is 20.7. The molecule has 3 aromatic rings. The van der Waals surface area contributed by atoms with Crippen LogP contribution in [0.5, 0.6) is 0 Å². The number of nitrogens with zero attached hydrogens (tertiary/aromatic N) is 6. The van der Waals surface area contributed by atoms with Crippen molar-refractivity contribution in [3.63, 3.8) is 0 Å². The Hall–Kier alpha value is -4.61. The fourth-order valence-corrected chi connectivity index (χ4v) is 4.45. The molecule has 0 aliphatic carbocycles. The molecular weight excluding hydrogens is 493 g/mol. The Balaban J connectivity index is 1.23. The summed E-state index contributed by atoms with van der Waals surface area (Å²) in [7, 11) is 0. The number of amides is 3. The van der Waals surface area contributed by atoms with Crippen LogP contribution in [0.1, 0.15) is 17.3 Å². The lowest BCUT2D eigenvalue weighted by Gasteiger charge is -2.34. The molecule has 2 aliphatic heterocycles. The molecule has 2 atom stereocenters. The largest absolute Gasteiger partial charge is 0.443 e. The van der Waals surface area contributed by atoms with Crippen LogP contribution in [0.25, 0.3) is 11.1 Å². The summed E-state index contributed by atoms with van der Waals surface area (Å²) in [4.78, 5) is 54.2. The van der Waals surface area contributed by atoms with E-state index in [1.54, 1.807) is 60.9 Å². The Labute approximate surface area is 218 Å². The highest BCUT2D eigenvalue weighted by Crippen LogP contribution is 2.30. The molecule has 196 valence electrons. The number of piperazine rings is 1. The Morgan fingerprint density at radius 3 is 2.47 bits per heavy atom. The summed E-state index contributed by atoms with van der Waals surface area (Å²) in [5.74, 6) is -1.36. The molecule has 2 saturated heterocycles. The number of anilines is 2. The molecule has 2 N–H and O–H groups in total. The number of cyclic esters (lactones) is 1. The standard InChI is InChI=1S/C26H26FN7O4/c1-16(23(28)35)22-15-34(26(37)38-22)19-4-5-20(21(27)11-19)18-13-30-25(31-14-18)33-9-7-32(8-10-33)24(36)17-3-2-6-29-12-17/h2-6,11-14,16,22H,7-10,15H2,1H3,(H2,28,35). The number of pyridine rings is 1. The maximum atomic E-state index is 15.1. The summed E-state index contributed by atoms with van der Waals surface area (Å²) >= 11 is 0. The molecule has 1 aromatic carbocycles. The predicted molar refractivity (Wildman–Crippen MR) is 136 cm³/mol. The third kappa shape index (κ3) is 4.97. The SMILES string of the molecule is CC(C(N)=O)C1CN(c2ccc(-c3cnc(N4CCN(C(=O)c5cccnc5)CC4)nc3)c(F)c2)C(=O)O1. The highest BCUT2D eigenvalue weighted by molar-refractivity contribution is 5.94. The van der Waals surface area contributed by atoms with Crippen molar-refractivity contribution in [2.75, 3.05) is 42.5 Å². The van der Waals surface area contributed by atoms with Crippen LogP contribution in [0, 0.1) is 11.7 Å². The van der Waals surface area contributed by atoms with Crippen molar-refractivity contribution in [1.29, 1.82) is 0 Å². The van der Waals surface area contributed by atoms with Gasteiger partial charge in [-0.3, -0.25) is 19.5 Å². The number of hydrogen-bond acceptors (Lipinski definition) is 8. The lowest BCUT2D eigenvalue weighted by atomic mass is 10.0. The molecule has 0 radical (unpaired) electrons. The number of carbonyl (C=O) groups excluding carboxylic acids is 3. The first-order chi connectivity index (χ1) is 18.3. The van der Waals surface area contributed by atoms with Gasteiger partial charge in [-0.2, -0.15) is 0 Å². The maximum absolute atomic E-state index is 15.1. The molecule has 2 unspecified atom stereocenters. The summed E-state index contributed by atoms with van der Waals surface area (Å²) in [6, 6.07) is 7.86. The fourth-order valence-electron chi connectivity index (χ4n) is 4.45. The van der Waals surface area contributed by atoms with Crippen LogP contribution in [0.15, 0.2) is 55.1 Å². The van der Waals surface area contributed by atoms with Crippen LogP contribution < -0.4 is 15.5 Å². The molecule has 2 aliphatic rings. The predicted octanol–water partition coefficient (Wildman–Crippen LogP) is 2.09. The summed E-state index contributed by atoms with van der Waals surface area (Å²) in [5, 5.41) is 0. The first-order valence-electron chi connectivity index (χ1n) is 12.2. The van der Waals surface area contributed by atoms with Crippen molar-refractivity contribution in [2.24, 2.45) is 11.7 Å². The third-order valence-corrected chi connectivity index (χ3v) is 6.81. The van der Waals surface area contributed by atoms with Gasteiger partial charge < -0.3 is 20.3 Å². The van der Waals surface area contributed by atoms with Crippen LogP contribution in [0.3, 0.4) is 0 Å². The average Bonchev–Trinajstić information content (AvgIpc) is 3.34. The van der Waals surface area contributed by atoms with Gasteiger partial charge in [-0.25, -0.2) is 19.2 Å². The summed E-state index contributed by atoms with van der Waals surface area (Å²) in [6.45, 7) is 3.85. The van der Waals surface area contributed by atoms with Crippen molar-refractivity contribution >= 4 is 29.5 Å². The minimum absolute atomic E-state index is 0.0620. The number of nitrogens with two attached hydrogens (primary N) is 1. The van der Waals surface area contributed by atoms with E-state index >= 15 is 4.39 Å². The van der Waals surface area contributed by atoms with E-state index in [2.05, 4.69) is 15.0 Å². The first-order valence-corrected chi connectivity index (χ1v) is 12.2. The van der Waals surface area contributed by atoms with E-state index in [1.807, 2.05) is 4.90 Å². The number of hydrogen-bond donors (Lipinski definition) is 1. The second kappa shape index (κ2) is 10.4. The molecule has 12 heteroatoms. The van der Waals surface area contributed by atoms with Crippen LogP contribution in [-0.4, -0.2) is 76.6 Å². The second-order valence-electron chi connectivity index (χ2n) is 9.18. The molecule has 38 heavy (non-hydrogen) atoms. The van der Waals surface area contributed by atoms with Crippen molar-refractivity contribution in [1.82, 2.24) is 19.9 Å². The Morgan fingerprint density at radius 2 is 1.84 bits per heavy atom. The van der Waals surface area contributed by atoms with Crippen LogP contribution >= 0.6 is 0 Å². The van der Waals surface area contributed by atoms with Gasteiger partial charge in [0.1, 0.15) is 11.9 Å². The van der Waals surface area contributed by atoms with Crippen molar-refractivity contribution in [3.05, 3.63) is 66.5 Å². The van der Waals surface area contributed by atoms with Crippen molar-refractivity contribution < 1.29 is 23.5 Å².